The number of sulfonamides is 1. The minimum absolute atomic E-state index is 0.0491. The average molecular weight is 270 g/mol. The minimum Gasteiger partial charge on any atom is -0.326 e. The molecular formula is C9H10N4O2S2. The quantitative estimate of drug-likeness (QED) is 0.856. The van der Waals surface area contributed by atoms with Gasteiger partial charge in [-0.05, 0) is 12.1 Å². The van der Waals surface area contributed by atoms with E-state index in [-0.39, 0.29) is 10.8 Å². The summed E-state index contributed by atoms with van der Waals surface area (Å²) < 4.78 is 26.1. The molecule has 0 aliphatic carbocycles. The van der Waals surface area contributed by atoms with Gasteiger partial charge in [-0.2, -0.15) is 0 Å². The van der Waals surface area contributed by atoms with Crippen LogP contribution in [0.25, 0.3) is 0 Å². The van der Waals surface area contributed by atoms with Gasteiger partial charge in [0.25, 0.3) is 10.0 Å². The lowest BCUT2D eigenvalue weighted by molar-refractivity contribution is 0.601. The second-order valence-electron chi connectivity index (χ2n) is 3.13. The van der Waals surface area contributed by atoms with Crippen LogP contribution in [0.5, 0.6) is 0 Å². The maximum Gasteiger partial charge on any atom is 0.265 e. The molecule has 2 heterocycles. The number of hydrogen-bond donors (Lipinski definition) is 2. The Hall–Kier alpha value is -1.51. The molecule has 0 spiro atoms. The molecule has 0 fully saturated rings. The molecule has 2 aromatic rings. The van der Waals surface area contributed by atoms with Crippen LogP contribution in [0.3, 0.4) is 0 Å². The Morgan fingerprint density at radius 3 is 2.65 bits per heavy atom. The van der Waals surface area contributed by atoms with Crippen LogP contribution in [0, 0.1) is 0 Å². The molecule has 3 N–H and O–H groups in total. The normalized spacial score (nSPS) is 11.4. The predicted octanol–water partition coefficient (Wildman–Crippen LogP) is 0.798. The Kier molecular flexibility index (Phi) is 3.36. The summed E-state index contributed by atoms with van der Waals surface area (Å²) in [6.45, 7) is 0.321. The van der Waals surface area contributed by atoms with E-state index < -0.39 is 10.0 Å². The number of rotatable bonds is 4. The molecule has 0 radical (unpaired) electrons. The lowest BCUT2D eigenvalue weighted by Crippen LogP contribution is -2.14. The van der Waals surface area contributed by atoms with Crippen molar-refractivity contribution >= 4 is 27.3 Å². The first-order valence-corrected chi connectivity index (χ1v) is 7.05. The van der Waals surface area contributed by atoms with Crippen LogP contribution in [0.15, 0.2) is 34.8 Å². The Morgan fingerprint density at radius 2 is 2.06 bits per heavy atom. The van der Waals surface area contributed by atoms with Crippen LogP contribution in [0.4, 0.5) is 5.95 Å². The lowest BCUT2D eigenvalue weighted by Gasteiger charge is -2.03. The van der Waals surface area contributed by atoms with Crippen molar-refractivity contribution in [3.63, 3.8) is 0 Å². The second kappa shape index (κ2) is 4.78. The number of aromatic nitrogens is 2. The van der Waals surface area contributed by atoms with Gasteiger partial charge in [0.15, 0.2) is 0 Å². The van der Waals surface area contributed by atoms with Crippen LogP contribution in [0.1, 0.15) is 4.88 Å². The van der Waals surface area contributed by atoms with E-state index in [9.17, 15) is 8.42 Å². The zero-order chi connectivity index (χ0) is 12.3. The molecule has 0 atom stereocenters. The summed E-state index contributed by atoms with van der Waals surface area (Å²) in [4.78, 5) is 8.57. The molecule has 0 aromatic carbocycles. The fourth-order valence-corrected chi connectivity index (χ4v) is 3.25. The SMILES string of the molecule is NCc1cc(S(=O)(=O)Nc2ncccn2)cs1. The van der Waals surface area contributed by atoms with Crippen LogP contribution in [0.2, 0.25) is 0 Å². The zero-order valence-electron chi connectivity index (χ0n) is 8.70. The smallest absolute Gasteiger partial charge is 0.265 e. The second-order valence-corrected chi connectivity index (χ2v) is 5.81. The molecule has 0 bridgehead atoms. The maximum atomic E-state index is 11.9. The highest BCUT2D eigenvalue weighted by molar-refractivity contribution is 7.92. The first-order valence-electron chi connectivity index (χ1n) is 4.69. The molecule has 0 saturated heterocycles. The minimum atomic E-state index is -3.62. The molecule has 8 heteroatoms. The molecule has 17 heavy (non-hydrogen) atoms. The number of nitrogens with two attached hydrogens (primary N) is 1. The van der Waals surface area contributed by atoms with Crippen molar-refractivity contribution in [2.45, 2.75) is 11.4 Å². The molecule has 0 aliphatic heterocycles. The van der Waals surface area contributed by atoms with Gasteiger partial charge in [0.2, 0.25) is 5.95 Å². The molecule has 0 unspecified atom stereocenters. The van der Waals surface area contributed by atoms with Crippen molar-refractivity contribution in [2.24, 2.45) is 5.73 Å². The highest BCUT2D eigenvalue weighted by Crippen LogP contribution is 2.20. The molecule has 90 valence electrons. The standard InChI is InChI=1S/C9H10N4O2S2/c10-5-7-4-8(6-16-7)17(14,15)13-9-11-2-1-3-12-9/h1-4,6H,5,10H2,(H,11,12,13). The van der Waals surface area contributed by atoms with Crippen molar-refractivity contribution in [1.29, 1.82) is 0 Å². The number of nitrogens with one attached hydrogen (secondary N) is 1. The van der Waals surface area contributed by atoms with Gasteiger partial charge in [-0.25, -0.2) is 23.1 Å². The third-order valence-corrected chi connectivity index (χ3v) is 4.35. The fourth-order valence-electron chi connectivity index (χ4n) is 1.14. The van der Waals surface area contributed by atoms with Gasteiger partial charge >= 0.3 is 0 Å². The van der Waals surface area contributed by atoms with E-state index in [1.807, 2.05) is 0 Å². The summed E-state index contributed by atoms with van der Waals surface area (Å²) in [7, 11) is -3.62. The van der Waals surface area contributed by atoms with Crippen LogP contribution in [-0.2, 0) is 16.6 Å². The summed E-state index contributed by atoms with van der Waals surface area (Å²) in [6.07, 6.45) is 2.92. The van der Waals surface area contributed by atoms with Crippen LogP contribution < -0.4 is 10.5 Å². The van der Waals surface area contributed by atoms with E-state index in [0.29, 0.717) is 6.54 Å². The van der Waals surface area contributed by atoms with Gasteiger partial charge in [-0.1, -0.05) is 0 Å². The summed E-state index contributed by atoms with van der Waals surface area (Å²) in [6, 6.07) is 3.14. The Balaban J connectivity index is 2.25. The van der Waals surface area contributed by atoms with Crippen LogP contribution in [-0.4, -0.2) is 18.4 Å². The topological polar surface area (TPSA) is 98.0 Å². The number of nitrogens with zero attached hydrogens (tertiary/aromatic N) is 2. The van der Waals surface area contributed by atoms with E-state index in [1.165, 1.54) is 35.2 Å². The molecule has 0 saturated carbocycles. The summed E-state index contributed by atoms with van der Waals surface area (Å²) in [5.41, 5.74) is 5.43. The van der Waals surface area contributed by atoms with Gasteiger partial charge in [0.1, 0.15) is 0 Å². The van der Waals surface area contributed by atoms with E-state index >= 15 is 0 Å². The highest BCUT2D eigenvalue weighted by Gasteiger charge is 2.17. The summed E-state index contributed by atoms with van der Waals surface area (Å²) >= 11 is 1.30. The van der Waals surface area contributed by atoms with E-state index in [4.69, 9.17) is 5.73 Å². The fraction of sp³-hybridized carbons (Fsp3) is 0.111. The van der Waals surface area contributed by atoms with Gasteiger partial charge < -0.3 is 5.73 Å². The van der Waals surface area contributed by atoms with E-state index in [1.54, 1.807) is 6.07 Å². The monoisotopic (exact) mass is 270 g/mol. The van der Waals surface area contributed by atoms with Gasteiger partial charge in [0, 0.05) is 29.2 Å². The number of thiophene rings is 1. The molecule has 2 aromatic heterocycles. The third-order valence-electron chi connectivity index (χ3n) is 1.93. The maximum absolute atomic E-state index is 11.9. The molecular weight excluding hydrogens is 260 g/mol. The largest absolute Gasteiger partial charge is 0.326 e. The van der Waals surface area contributed by atoms with E-state index in [2.05, 4.69) is 14.7 Å². The average Bonchev–Trinajstić information content (AvgIpc) is 2.79. The van der Waals surface area contributed by atoms with Crippen molar-refractivity contribution in [3.8, 4) is 0 Å². The highest BCUT2D eigenvalue weighted by atomic mass is 32.2. The molecule has 0 aliphatic rings. The Morgan fingerprint density at radius 1 is 1.35 bits per heavy atom. The van der Waals surface area contributed by atoms with Crippen molar-refractivity contribution in [3.05, 3.63) is 34.8 Å². The molecule has 6 nitrogen and oxygen atoms in total. The first-order chi connectivity index (χ1) is 8.12. The van der Waals surface area contributed by atoms with Gasteiger partial charge in [-0.3, -0.25) is 0 Å². The van der Waals surface area contributed by atoms with Gasteiger partial charge in [0.05, 0.1) is 4.90 Å². The number of anilines is 1. The molecule has 0 amide bonds. The zero-order valence-corrected chi connectivity index (χ0v) is 10.3. The lowest BCUT2D eigenvalue weighted by atomic mass is 10.5. The first kappa shape index (κ1) is 12.0. The predicted molar refractivity (Wildman–Crippen MR) is 65.1 cm³/mol. The van der Waals surface area contributed by atoms with Crippen molar-refractivity contribution in [2.75, 3.05) is 4.72 Å². The Bertz CT molecular complexity index is 594. The molecule has 2 rings (SSSR count). The van der Waals surface area contributed by atoms with Crippen molar-refractivity contribution < 1.29 is 8.42 Å². The third kappa shape index (κ3) is 2.78. The van der Waals surface area contributed by atoms with Crippen LogP contribution >= 0.6 is 11.3 Å². The van der Waals surface area contributed by atoms with E-state index in [0.717, 1.165) is 4.88 Å². The number of hydrogen-bond acceptors (Lipinski definition) is 6. The Labute approximate surface area is 103 Å². The summed E-state index contributed by atoms with van der Waals surface area (Å²) in [5.74, 6) is 0.0491. The van der Waals surface area contributed by atoms with Crippen molar-refractivity contribution in [1.82, 2.24) is 9.97 Å². The van der Waals surface area contributed by atoms with Gasteiger partial charge in [-0.15, -0.1) is 11.3 Å². The summed E-state index contributed by atoms with van der Waals surface area (Å²) in [5, 5.41) is 1.54.